The van der Waals surface area contributed by atoms with Gasteiger partial charge in [0, 0.05) is 11.5 Å². The highest BCUT2D eigenvalue weighted by Crippen LogP contribution is 2.24. The highest BCUT2D eigenvalue weighted by Gasteiger charge is 2.16. The number of nitriles is 1. The Bertz CT molecular complexity index is 1350. The van der Waals surface area contributed by atoms with Gasteiger partial charge in [-0.3, -0.25) is 0 Å². The minimum Gasteiger partial charge on any atom is -0.494 e. The summed E-state index contributed by atoms with van der Waals surface area (Å²) in [7, 11) is 0. The summed E-state index contributed by atoms with van der Waals surface area (Å²) in [5.41, 5.74) is 1.78. The van der Waals surface area contributed by atoms with Crippen LogP contribution >= 0.6 is 0 Å². The van der Waals surface area contributed by atoms with E-state index in [0.717, 1.165) is 11.1 Å². The van der Waals surface area contributed by atoms with Gasteiger partial charge in [-0.1, -0.05) is 24.3 Å². The van der Waals surface area contributed by atoms with E-state index in [1.54, 1.807) is 54.6 Å². The van der Waals surface area contributed by atoms with Crippen molar-refractivity contribution in [1.82, 2.24) is 0 Å². The van der Waals surface area contributed by atoms with E-state index in [1.807, 2.05) is 19.1 Å². The van der Waals surface area contributed by atoms with Crippen LogP contribution in [0.1, 0.15) is 22.8 Å². The third kappa shape index (κ3) is 4.31. The van der Waals surface area contributed by atoms with Gasteiger partial charge in [-0.05, 0) is 60.5 Å². The van der Waals surface area contributed by atoms with Gasteiger partial charge in [0.15, 0.2) is 0 Å². The van der Waals surface area contributed by atoms with E-state index in [0.29, 0.717) is 34.6 Å². The maximum absolute atomic E-state index is 12.5. The first kappa shape index (κ1) is 19.9. The van der Waals surface area contributed by atoms with Gasteiger partial charge in [0.1, 0.15) is 22.6 Å². The second-order valence-electron chi connectivity index (χ2n) is 6.68. The molecule has 4 rings (SSSR count). The number of esters is 1. The molecule has 6 nitrogen and oxygen atoms in total. The average Bonchev–Trinajstić information content (AvgIpc) is 2.79. The summed E-state index contributed by atoms with van der Waals surface area (Å²) in [5.74, 6) is 0.0834. The summed E-state index contributed by atoms with van der Waals surface area (Å²) in [5, 5.41) is 9.48. The van der Waals surface area contributed by atoms with Crippen molar-refractivity contribution in [2.45, 2.75) is 6.92 Å². The van der Waals surface area contributed by atoms with Gasteiger partial charge in [-0.25, -0.2) is 9.59 Å². The molecular weight excluding hydrogens is 394 g/mol. The average molecular weight is 411 g/mol. The Morgan fingerprint density at radius 2 is 1.58 bits per heavy atom. The third-order valence-electron chi connectivity index (χ3n) is 4.65. The van der Waals surface area contributed by atoms with Crippen LogP contribution in [0.3, 0.4) is 0 Å². The van der Waals surface area contributed by atoms with Crippen LogP contribution in [0.4, 0.5) is 0 Å². The molecule has 0 aliphatic rings. The molecule has 3 aromatic carbocycles. The van der Waals surface area contributed by atoms with Crippen LogP contribution in [0.15, 0.2) is 82.0 Å². The van der Waals surface area contributed by atoms with Gasteiger partial charge < -0.3 is 13.9 Å². The third-order valence-corrected chi connectivity index (χ3v) is 4.65. The number of hydrogen-bond acceptors (Lipinski definition) is 6. The summed E-state index contributed by atoms with van der Waals surface area (Å²) >= 11 is 0. The van der Waals surface area contributed by atoms with Crippen molar-refractivity contribution < 1.29 is 18.7 Å². The zero-order chi connectivity index (χ0) is 21.8. The second kappa shape index (κ2) is 8.56. The van der Waals surface area contributed by atoms with Crippen molar-refractivity contribution in [1.29, 1.82) is 5.26 Å². The molecule has 152 valence electrons. The maximum atomic E-state index is 12.5. The summed E-state index contributed by atoms with van der Waals surface area (Å²) in [6.07, 6.45) is 0. The van der Waals surface area contributed by atoms with Crippen LogP contribution in [-0.4, -0.2) is 12.6 Å². The topological polar surface area (TPSA) is 89.5 Å². The summed E-state index contributed by atoms with van der Waals surface area (Å²) < 4.78 is 16.0. The Labute approximate surface area is 177 Å². The van der Waals surface area contributed by atoms with E-state index in [2.05, 4.69) is 6.07 Å². The molecule has 0 saturated carbocycles. The Morgan fingerprint density at radius 3 is 2.23 bits per heavy atom. The lowest BCUT2D eigenvalue weighted by Crippen LogP contribution is -2.18. The lowest BCUT2D eigenvalue weighted by Gasteiger charge is -2.07. The predicted octanol–water partition coefficient (Wildman–Crippen LogP) is 4.95. The number of ether oxygens (including phenoxy) is 2. The van der Waals surface area contributed by atoms with Gasteiger partial charge >= 0.3 is 11.6 Å². The Kier molecular flexibility index (Phi) is 5.50. The zero-order valence-corrected chi connectivity index (χ0v) is 16.6. The zero-order valence-electron chi connectivity index (χ0n) is 16.6. The molecular formula is C25H17NO5. The minimum atomic E-state index is -0.796. The van der Waals surface area contributed by atoms with Crippen LogP contribution in [0.25, 0.3) is 22.1 Å². The highest BCUT2D eigenvalue weighted by atomic mass is 16.5. The van der Waals surface area contributed by atoms with E-state index in [9.17, 15) is 9.59 Å². The SMILES string of the molecule is CCOc1ccc2cc(C(=O)Oc3ccc(-c4ccc(C#N)cc4)cc3)c(=O)oc2c1. The normalized spacial score (nSPS) is 10.5. The number of carbonyl (C=O) groups is 1. The predicted molar refractivity (Wildman–Crippen MR) is 115 cm³/mol. The van der Waals surface area contributed by atoms with Crippen LogP contribution in [0.2, 0.25) is 0 Å². The molecule has 0 atom stereocenters. The molecule has 6 heteroatoms. The van der Waals surface area contributed by atoms with Gasteiger partial charge in [0.2, 0.25) is 0 Å². The van der Waals surface area contributed by atoms with Gasteiger partial charge in [-0.2, -0.15) is 5.26 Å². The summed E-state index contributed by atoms with van der Waals surface area (Å²) in [4.78, 5) is 24.8. The quantitative estimate of drug-likeness (QED) is 0.262. The monoisotopic (exact) mass is 411 g/mol. The van der Waals surface area contributed by atoms with Crippen molar-refractivity contribution >= 4 is 16.9 Å². The fourth-order valence-electron chi connectivity index (χ4n) is 3.10. The number of fused-ring (bicyclic) bond motifs is 1. The molecule has 0 spiro atoms. The lowest BCUT2D eigenvalue weighted by atomic mass is 10.0. The number of carbonyl (C=O) groups excluding carboxylic acids is 1. The first-order chi connectivity index (χ1) is 15.1. The van der Waals surface area contributed by atoms with Crippen LogP contribution in [-0.2, 0) is 0 Å². The van der Waals surface area contributed by atoms with Gasteiger partial charge in [0.05, 0.1) is 18.2 Å². The molecule has 4 aromatic rings. The van der Waals surface area contributed by atoms with Gasteiger partial charge in [-0.15, -0.1) is 0 Å². The van der Waals surface area contributed by atoms with E-state index in [-0.39, 0.29) is 5.56 Å². The molecule has 0 unspecified atom stereocenters. The van der Waals surface area contributed by atoms with Crippen molar-refractivity contribution in [2.24, 2.45) is 0 Å². The molecule has 0 aliphatic heterocycles. The first-order valence-corrected chi connectivity index (χ1v) is 9.61. The standard InChI is InChI=1S/C25H17NO5/c1-2-29-21-12-9-19-13-22(25(28)31-23(19)14-21)24(27)30-20-10-7-18(8-11-20)17-5-3-16(15-26)4-6-17/h3-14H,2H2,1H3. The molecule has 0 bridgehead atoms. The number of rotatable bonds is 5. The first-order valence-electron chi connectivity index (χ1n) is 9.61. The molecule has 1 aromatic heterocycles. The molecule has 0 amide bonds. The second-order valence-corrected chi connectivity index (χ2v) is 6.68. The molecule has 1 heterocycles. The Morgan fingerprint density at radius 1 is 0.935 bits per heavy atom. The molecule has 31 heavy (non-hydrogen) atoms. The van der Waals surface area contributed by atoms with Gasteiger partial charge in [0.25, 0.3) is 0 Å². The lowest BCUT2D eigenvalue weighted by molar-refractivity contribution is 0.0730. The van der Waals surface area contributed by atoms with E-state index >= 15 is 0 Å². The largest absolute Gasteiger partial charge is 0.494 e. The van der Waals surface area contributed by atoms with E-state index in [4.69, 9.17) is 19.2 Å². The van der Waals surface area contributed by atoms with Crippen LogP contribution < -0.4 is 15.1 Å². The minimum absolute atomic E-state index is 0.187. The molecule has 0 aliphatic carbocycles. The summed E-state index contributed by atoms with van der Waals surface area (Å²) in [6, 6.07) is 22.6. The molecule has 0 fully saturated rings. The molecule has 0 saturated heterocycles. The van der Waals surface area contributed by atoms with E-state index < -0.39 is 11.6 Å². The summed E-state index contributed by atoms with van der Waals surface area (Å²) in [6.45, 7) is 2.35. The number of nitrogens with zero attached hydrogens (tertiary/aromatic N) is 1. The fraction of sp³-hybridized carbons (Fsp3) is 0.0800. The van der Waals surface area contributed by atoms with Crippen molar-refractivity contribution in [3.63, 3.8) is 0 Å². The highest BCUT2D eigenvalue weighted by molar-refractivity contribution is 5.94. The fourth-order valence-corrected chi connectivity index (χ4v) is 3.10. The van der Waals surface area contributed by atoms with Crippen LogP contribution in [0, 0.1) is 11.3 Å². The Balaban J connectivity index is 1.54. The molecule has 0 radical (unpaired) electrons. The van der Waals surface area contributed by atoms with Crippen molar-refractivity contribution in [2.75, 3.05) is 6.61 Å². The Hall–Kier alpha value is -4.37. The van der Waals surface area contributed by atoms with Crippen molar-refractivity contribution in [3.05, 3.63) is 94.3 Å². The smallest absolute Gasteiger partial charge is 0.351 e. The van der Waals surface area contributed by atoms with E-state index in [1.165, 1.54) is 6.07 Å². The number of hydrogen-bond donors (Lipinski definition) is 0. The molecule has 0 N–H and O–H groups in total. The maximum Gasteiger partial charge on any atom is 0.351 e. The van der Waals surface area contributed by atoms with Crippen molar-refractivity contribution in [3.8, 4) is 28.7 Å². The van der Waals surface area contributed by atoms with Crippen LogP contribution in [0.5, 0.6) is 11.5 Å². The number of benzene rings is 3.